The van der Waals surface area contributed by atoms with E-state index in [-0.39, 0.29) is 5.60 Å². The Bertz CT molecular complexity index is 396. The summed E-state index contributed by atoms with van der Waals surface area (Å²) in [6, 6.07) is 8.43. The molecule has 1 aromatic rings. The van der Waals surface area contributed by atoms with Gasteiger partial charge in [0, 0.05) is 0 Å². The second-order valence-corrected chi connectivity index (χ2v) is 6.15. The monoisotopic (exact) mass is 276 g/mol. The highest BCUT2D eigenvalue weighted by atomic mass is 16.6. The van der Waals surface area contributed by atoms with Crippen LogP contribution in [0.1, 0.15) is 57.9 Å². The Morgan fingerprint density at radius 1 is 1.10 bits per heavy atom. The van der Waals surface area contributed by atoms with Gasteiger partial charge in [0.25, 0.3) is 0 Å². The van der Waals surface area contributed by atoms with Crippen LogP contribution in [-0.4, -0.2) is 18.8 Å². The van der Waals surface area contributed by atoms with Crippen LogP contribution in [-0.2, 0) is 11.2 Å². The Labute approximate surface area is 123 Å². The summed E-state index contributed by atoms with van der Waals surface area (Å²) in [5.74, 6) is 1.04. The van der Waals surface area contributed by atoms with Gasteiger partial charge in [-0.25, -0.2) is 0 Å². The molecule has 1 aromatic carbocycles. The summed E-state index contributed by atoms with van der Waals surface area (Å²) in [6.45, 7) is 5.86. The Hall–Kier alpha value is -1.02. The molecule has 0 amide bonds. The molecule has 20 heavy (non-hydrogen) atoms. The molecular weight excluding hydrogens is 248 g/mol. The minimum Gasteiger partial charge on any atom is -0.490 e. The maximum Gasteiger partial charge on any atom is 0.123 e. The van der Waals surface area contributed by atoms with Crippen molar-refractivity contribution in [2.75, 3.05) is 13.2 Å². The van der Waals surface area contributed by atoms with Gasteiger partial charge in [0.05, 0.1) is 6.61 Å². The third-order valence-electron chi connectivity index (χ3n) is 3.94. The van der Waals surface area contributed by atoms with Crippen LogP contribution < -0.4 is 4.74 Å². The van der Waals surface area contributed by atoms with E-state index in [2.05, 4.69) is 38.1 Å². The zero-order valence-corrected chi connectivity index (χ0v) is 13.0. The molecule has 0 spiro atoms. The standard InChI is InChI=1S/C18H28O2/c1-3-4-5-6-7-8-11-16-12-9-10-13-17(16)19-14-18(2)15-20-18/h9-10,12-13H,3-8,11,14-15H2,1-2H3. The molecule has 1 fully saturated rings. The van der Waals surface area contributed by atoms with Gasteiger partial charge in [0.2, 0.25) is 0 Å². The van der Waals surface area contributed by atoms with Crippen molar-refractivity contribution in [2.24, 2.45) is 0 Å². The fourth-order valence-electron chi connectivity index (χ4n) is 2.38. The van der Waals surface area contributed by atoms with Crippen LogP contribution in [0.2, 0.25) is 0 Å². The molecule has 0 bridgehead atoms. The number of ether oxygens (including phenoxy) is 2. The number of para-hydroxylation sites is 1. The highest BCUT2D eigenvalue weighted by Crippen LogP contribution is 2.28. The summed E-state index contributed by atoms with van der Waals surface area (Å²) >= 11 is 0. The lowest BCUT2D eigenvalue weighted by Gasteiger charge is -2.13. The summed E-state index contributed by atoms with van der Waals surface area (Å²) in [4.78, 5) is 0. The second-order valence-electron chi connectivity index (χ2n) is 6.15. The van der Waals surface area contributed by atoms with Gasteiger partial charge < -0.3 is 9.47 Å². The maximum absolute atomic E-state index is 5.93. The average Bonchev–Trinajstić information content (AvgIpc) is 3.20. The first-order chi connectivity index (χ1) is 9.73. The van der Waals surface area contributed by atoms with Crippen molar-refractivity contribution in [1.82, 2.24) is 0 Å². The molecule has 2 rings (SSSR count). The largest absolute Gasteiger partial charge is 0.490 e. The molecule has 112 valence electrons. The molecule has 1 atom stereocenters. The average molecular weight is 276 g/mol. The number of epoxide rings is 1. The number of hydrogen-bond donors (Lipinski definition) is 0. The van der Waals surface area contributed by atoms with E-state index in [1.807, 2.05) is 0 Å². The number of hydrogen-bond acceptors (Lipinski definition) is 2. The molecule has 1 aliphatic rings. The lowest BCUT2D eigenvalue weighted by Crippen LogP contribution is -2.17. The normalized spacial score (nSPS) is 20.9. The Morgan fingerprint density at radius 2 is 1.80 bits per heavy atom. The van der Waals surface area contributed by atoms with Gasteiger partial charge in [-0.05, 0) is 31.4 Å². The Kier molecular flexibility index (Phi) is 5.90. The van der Waals surface area contributed by atoms with E-state index in [1.54, 1.807) is 0 Å². The highest BCUT2D eigenvalue weighted by molar-refractivity contribution is 5.33. The summed E-state index contributed by atoms with van der Waals surface area (Å²) in [6.07, 6.45) is 9.15. The van der Waals surface area contributed by atoms with Crippen LogP contribution in [0.15, 0.2) is 24.3 Å². The van der Waals surface area contributed by atoms with E-state index in [9.17, 15) is 0 Å². The van der Waals surface area contributed by atoms with Crippen molar-refractivity contribution in [2.45, 2.75) is 64.4 Å². The molecule has 1 unspecified atom stereocenters. The smallest absolute Gasteiger partial charge is 0.123 e. The van der Waals surface area contributed by atoms with Crippen molar-refractivity contribution >= 4 is 0 Å². The fourth-order valence-corrected chi connectivity index (χ4v) is 2.38. The molecular formula is C18H28O2. The third-order valence-corrected chi connectivity index (χ3v) is 3.94. The molecule has 0 aromatic heterocycles. The van der Waals surface area contributed by atoms with E-state index in [1.165, 1.54) is 44.1 Å². The molecule has 1 heterocycles. The molecule has 0 N–H and O–H groups in total. The van der Waals surface area contributed by atoms with Crippen LogP contribution in [0.4, 0.5) is 0 Å². The third kappa shape index (κ3) is 5.16. The van der Waals surface area contributed by atoms with Crippen molar-refractivity contribution in [3.63, 3.8) is 0 Å². The van der Waals surface area contributed by atoms with Gasteiger partial charge in [0.1, 0.15) is 18.0 Å². The molecule has 2 heteroatoms. The first kappa shape index (κ1) is 15.4. The van der Waals surface area contributed by atoms with Gasteiger partial charge in [-0.1, -0.05) is 57.2 Å². The van der Waals surface area contributed by atoms with Crippen LogP contribution in [0.25, 0.3) is 0 Å². The van der Waals surface area contributed by atoms with Crippen LogP contribution >= 0.6 is 0 Å². The van der Waals surface area contributed by atoms with Crippen LogP contribution in [0.5, 0.6) is 5.75 Å². The summed E-state index contributed by atoms with van der Waals surface area (Å²) < 4.78 is 11.3. The number of rotatable bonds is 10. The number of benzene rings is 1. The fraction of sp³-hybridized carbons (Fsp3) is 0.667. The molecule has 0 radical (unpaired) electrons. The lowest BCUT2D eigenvalue weighted by molar-refractivity contribution is 0.201. The number of aryl methyl sites for hydroxylation is 1. The first-order valence-corrected chi connectivity index (χ1v) is 8.08. The predicted molar refractivity (Wildman–Crippen MR) is 83.4 cm³/mol. The van der Waals surface area contributed by atoms with E-state index in [0.717, 1.165) is 18.8 Å². The van der Waals surface area contributed by atoms with Crippen molar-refractivity contribution in [1.29, 1.82) is 0 Å². The minimum absolute atomic E-state index is 0.0345. The SMILES string of the molecule is CCCCCCCCc1ccccc1OCC1(C)CO1. The van der Waals surface area contributed by atoms with E-state index >= 15 is 0 Å². The van der Waals surface area contributed by atoms with Crippen molar-refractivity contribution in [3.8, 4) is 5.75 Å². The van der Waals surface area contributed by atoms with Gasteiger partial charge in [-0.15, -0.1) is 0 Å². The maximum atomic E-state index is 5.93. The zero-order valence-electron chi connectivity index (χ0n) is 13.0. The van der Waals surface area contributed by atoms with E-state index in [0.29, 0.717) is 6.61 Å². The van der Waals surface area contributed by atoms with Crippen LogP contribution in [0.3, 0.4) is 0 Å². The molecule has 0 saturated carbocycles. The van der Waals surface area contributed by atoms with Crippen molar-refractivity contribution < 1.29 is 9.47 Å². The first-order valence-electron chi connectivity index (χ1n) is 8.08. The van der Waals surface area contributed by atoms with Gasteiger partial charge in [0.15, 0.2) is 0 Å². The topological polar surface area (TPSA) is 21.8 Å². The predicted octanol–water partition coefficient (Wildman–Crippen LogP) is 4.76. The molecule has 1 aliphatic heterocycles. The van der Waals surface area contributed by atoms with E-state index in [4.69, 9.17) is 9.47 Å². The summed E-state index contributed by atoms with van der Waals surface area (Å²) in [7, 11) is 0. The zero-order chi connectivity index (χ0) is 14.3. The highest BCUT2D eigenvalue weighted by Gasteiger charge is 2.40. The molecule has 2 nitrogen and oxygen atoms in total. The lowest BCUT2D eigenvalue weighted by atomic mass is 10.0. The molecule has 1 saturated heterocycles. The number of unbranched alkanes of at least 4 members (excludes halogenated alkanes) is 5. The van der Waals surface area contributed by atoms with Gasteiger partial charge in [-0.3, -0.25) is 0 Å². The summed E-state index contributed by atoms with van der Waals surface area (Å²) in [5.41, 5.74) is 1.31. The quantitative estimate of drug-likeness (QED) is 0.454. The minimum atomic E-state index is -0.0345. The van der Waals surface area contributed by atoms with Crippen LogP contribution in [0, 0.1) is 0 Å². The summed E-state index contributed by atoms with van der Waals surface area (Å²) in [5, 5.41) is 0. The molecule has 0 aliphatic carbocycles. The second kappa shape index (κ2) is 7.68. The van der Waals surface area contributed by atoms with Gasteiger partial charge >= 0.3 is 0 Å². The Morgan fingerprint density at radius 3 is 2.55 bits per heavy atom. The van der Waals surface area contributed by atoms with Gasteiger partial charge in [-0.2, -0.15) is 0 Å². The van der Waals surface area contributed by atoms with Crippen molar-refractivity contribution in [3.05, 3.63) is 29.8 Å². The Balaban J connectivity index is 1.72. The van der Waals surface area contributed by atoms with E-state index < -0.39 is 0 Å².